The third kappa shape index (κ3) is 4.28. The van der Waals surface area contributed by atoms with Gasteiger partial charge >= 0.3 is 6.03 Å². The fourth-order valence-corrected chi connectivity index (χ4v) is 2.76. The second kappa shape index (κ2) is 7.97. The summed E-state index contributed by atoms with van der Waals surface area (Å²) in [5, 5.41) is 17.9. The molecule has 0 aromatic heterocycles. The van der Waals surface area contributed by atoms with E-state index in [0.717, 1.165) is 44.9 Å². The van der Waals surface area contributed by atoms with Gasteiger partial charge in [0.15, 0.2) is 5.84 Å². The van der Waals surface area contributed by atoms with E-state index >= 15 is 0 Å². The monoisotopic (exact) mass is 284 g/mol. The van der Waals surface area contributed by atoms with Crippen molar-refractivity contribution in [2.75, 3.05) is 6.54 Å². The second-order valence-corrected chi connectivity index (χ2v) is 5.65. The Morgan fingerprint density at radius 1 is 1.40 bits per heavy atom. The molecule has 0 heterocycles. The molecule has 2 amide bonds. The largest absolute Gasteiger partial charge is 0.409 e. The summed E-state index contributed by atoms with van der Waals surface area (Å²) in [4.78, 5) is 11.9. The first-order valence-electron chi connectivity index (χ1n) is 7.62. The first kappa shape index (κ1) is 16.6. The SMILES string of the molecule is CCCCNC(=O)NC1(/C(N)=N/O)CCC(CC)CC1. The molecule has 0 radical (unpaired) electrons. The first-order chi connectivity index (χ1) is 9.57. The summed E-state index contributed by atoms with van der Waals surface area (Å²) in [7, 11) is 0. The van der Waals surface area contributed by atoms with Gasteiger partial charge in [0.25, 0.3) is 0 Å². The molecule has 1 rings (SSSR count). The van der Waals surface area contributed by atoms with E-state index in [2.05, 4.69) is 29.6 Å². The summed E-state index contributed by atoms with van der Waals surface area (Å²) >= 11 is 0. The maximum absolute atomic E-state index is 11.9. The summed E-state index contributed by atoms with van der Waals surface area (Å²) in [6.07, 6.45) is 6.54. The Kier molecular flexibility index (Phi) is 6.61. The van der Waals surface area contributed by atoms with Crippen molar-refractivity contribution in [3.8, 4) is 0 Å². The quantitative estimate of drug-likeness (QED) is 0.198. The van der Waals surface area contributed by atoms with Gasteiger partial charge in [0.1, 0.15) is 5.54 Å². The number of oxime groups is 1. The van der Waals surface area contributed by atoms with Crippen LogP contribution in [-0.2, 0) is 0 Å². The van der Waals surface area contributed by atoms with E-state index < -0.39 is 5.54 Å². The predicted molar refractivity (Wildman–Crippen MR) is 79.8 cm³/mol. The van der Waals surface area contributed by atoms with Crippen LogP contribution in [0, 0.1) is 5.92 Å². The lowest BCUT2D eigenvalue weighted by Gasteiger charge is -2.39. The van der Waals surface area contributed by atoms with E-state index in [9.17, 15) is 4.79 Å². The zero-order chi connectivity index (χ0) is 15.0. The lowest BCUT2D eigenvalue weighted by atomic mass is 9.75. The van der Waals surface area contributed by atoms with E-state index in [-0.39, 0.29) is 11.9 Å². The first-order valence-corrected chi connectivity index (χ1v) is 7.62. The molecule has 0 aliphatic heterocycles. The van der Waals surface area contributed by atoms with Crippen molar-refractivity contribution in [1.82, 2.24) is 10.6 Å². The number of rotatable bonds is 6. The molecule has 1 fully saturated rings. The molecule has 1 aliphatic carbocycles. The van der Waals surface area contributed by atoms with Gasteiger partial charge in [-0.15, -0.1) is 0 Å². The van der Waals surface area contributed by atoms with Crippen LogP contribution in [0.2, 0.25) is 0 Å². The van der Waals surface area contributed by atoms with Gasteiger partial charge in [0, 0.05) is 6.54 Å². The topological polar surface area (TPSA) is 99.7 Å². The minimum atomic E-state index is -0.698. The van der Waals surface area contributed by atoms with E-state index in [0.29, 0.717) is 12.5 Å². The van der Waals surface area contributed by atoms with Crippen molar-refractivity contribution in [3.05, 3.63) is 0 Å². The zero-order valence-corrected chi connectivity index (χ0v) is 12.6. The third-order valence-electron chi connectivity index (χ3n) is 4.30. The summed E-state index contributed by atoms with van der Waals surface area (Å²) in [6.45, 7) is 4.89. The molecule has 6 heteroatoms. The van der Waals surface area contributed by atoms with Crippen molar-refractivity contribution in [2.24, 2.45) is 16.8 Å². The summed E-state index contributed by atoms with van der Waals surface area (Å²) < 4.78 is 0. The van der Waals surface area contributed by atoms with Gasteiger partial charge in [-0.3, -0.25) is 0 Å². The van der Waals surface area contributed by atoms with Crippen LogP contribution < -0.4 is 16.4 Å². The van der Waals surface area contributed by atoms with Crippen LogP contribution in [0.5, 0.6) is 0 Å². The van der Waals surface area contributed by atoms with Gasteiger partial charge in [-0.25, -0.2) is 4.79 Å². The van der Waals surface area contributed by atoms with E-state index in [1.807, 2.05) is 0 Å². The molecule has 0 atom stereocenters. The second-order valence-electron chi connectivity index (χ2n) is 5.65. The number of nitrogens with one attached hydrogen (secondary N) is 2. The molecule has 0 spiro atoms. The summed E-state index contributed by atoms with van der Waals surface area (Å²) in [5.41, 5.74) is 5.13. The molecule has 5 N–H and O–H groups in total. The minimum absolute atomic E-state index is 0.109. The van der Waals surface area contributed by atoms with Gasteiger partial charge in [-0.05, 0) is 38.0 Å². The van der Waals surface area contributed by atoms with Gasteiger partial charge in [0.05, 0.1) is 0 Å². The molecule has 0 aromatic carbocycles. The summed E-state index contributed by atoms with van der Waals surface area (Å²) in [5.74, 6) is 0.775. The highest BCUT2D eigenvalue weighted by molar-refractivity contribution is 5.93. The fourth-order valence-electron chi connectivity index (χ4n) is 2.76. The fraction of sp³-hybridized carbons (Fsp3) is 0.857. The third-order valence-corrected chi connectivity index (χ3v) is 4.30. The number of carbonyl (C=O) groups excluding carboxylic acids is 1. The molecular weight excluding hydrogens is 256 g/mol. The van der Waals surface area contributed by atoms with Gasteiger partial charge in [0.2, 0.25) is 0 Å². The molecule has 0 unspecified atom stereocenters. The van der Waals surface area contributed by atoms with Crippen LogP contribution in [0.15, 0.2) is 5.16 Å². The lowest BCUT2D eigenvalue weighted by Crippen LogP contribution is -2.61. The highest BCUT2D eigenvalue weighted by Gasteiger charge is 2.40. The maximum Gasteiger partial charge on any atom is 0.315 e. The molecule has 1 saturated carbocycles. The zero-order valence-electron chi connectivity index (χ0n) is 12.6. The van der Waals surface area contributed by atoms with Gasteiger partial charge in [-0.2, -0.15) is 0 Å². The van der Waals surface area contributed by atoms with Crippen molar-refractivity contribution >= 4 is 11.9 Å². The predicted octanol–water partition coefficient (Wildman–Crippen LogP) is 2.17. The maximum atomic E-state index is 11.9. The Bertz CT molecular complexity index is 336. The van der Waals surface area contributed by atoms with E-state index in [1.54, 1.807) is 0 Å². The standard InChI is InChI=1S/C14H28N4O2/c1-3-5-10-16-13(19)17-14(12(15)18-20)8-6-11(4-2)7-9-14/h11,20H,3-10H2,1-2H3,(H2,15,18)(H2,16,17,19). The molecule has 0 bridgehead atoms. The van der Waals surface area contributed by atoms with Crippen LogP contribution >= 0.6 is 0 Å². The number of nitrogens with zero attached hydrogens (tertiary/aromatic N) is 1. The van der Waals surface area contributed by atoms with Crippen LogP contribution in [0.3, 0.4) is 0 Å². The van der Waals surface area contributed by atoms with E-state index in [1.165, 1.54) is 0 Å². The number of hydrogen-bond donors (Lipinski definition) is 4. The molecule has 6 nitrogen and oxygen atoms in total. The van der Waals surface area contributed by atoms with E-state index in [4.69, 9.17) is 10.9 Å². The van der Waals surface area contributed by atoms with Crippen molar-refractivity contribution in [1.29, 1.82) is 0 Å². The average Bonchev–Trinajstić information content (AvgIpc) is 2.47. The van der Waals surface area contributed by atoms with Crippen LogP contribution in [0.1, 0.15) is 58.8 Å². The minimum Gasteiger partial charge on any atom is -0.409 e. The van der Waals surface area contributed by atoms with Gasteiger partial charge in [-0.1, -0.05) is 31.8 Å². The molecule has 0 saturated heterocycles. The van der Waals surface area contributed by atoms with Gasteiger partial charge < -0.3 is 21.6 Å². The molecule has 1 aliphatic rings. The molecular formula is C14H28N4O2. The highest BCUT2D eigenvalue weighted by atomic mass is 16.4. The van der Waals surface area contributed by atoms with Crippen LogP contribution in [0.25, 0.3) is 0 Å². The van der Waals surface area contributed by atoms with Crippen molar-refractivity contribution in [2.45, 2.75) is 64.3 Å². The lowest BCUT2D eigenvalue weighted by molar-refractivity contribution is 0.208. The average molecular weight is 284 g/mol. The number of amidine groups is 1. The van der Waals surface area contributed by atoms with Crippen molar-refractivity contribution in [3.63, 3.8) is 0 Å². The molecule has 0 aromatic rings. The Hall–Kier alpha value is -1.46. The Morgan fingerprint density at radius 2 is 2.05 bits per heavy atom. The Balaban J connectivity index is 2.64. The number of carbonyl (C=O) groups is 1. The Morgan fingerprint density at radius 3 is 2.55 bits per heavy atom. The van der Waals surface area contributed by atoms with Crippen LogP contribution in [-0.4, -0.2) is 29.2 Å². The van der Waals surface area contributed by atoms with Crippen LogP contribution in [0.4, 0.5) is 4.79 Å². The molecule has 116 valence electrons. The highest BCUT2D eigenvalue weighted by Crippen LogP contribution is 2.33. The Labute approximate surface area is 121 Å². The normalized spacial score (nSPS) is 27.1. The molecule has 20 heavy (non-hydrogen) atoms. The number of urea groups is 1. The smallest absolute Gasteiger partial charge is 0.315 e. The van der Waals surface area contributed by atoms with Crippen molar-refractivity contribution < 1.29 is 10.0 Å². The number of unbranched alkanes of at least 4 members (excludes halogenated alkanes) is 1. The summed E-state index contributed by atoms with van der Waals surface area (Å²) in [6, 6.07) is -0.236. The number of hydrogen-bond acceptors (Lipinski definition) is 3. The number of nitrogens with two attached hydrogens (primary N) is 1. The number of amides is 2.